The number of benzene rings is 1. The summed E-state index contributed by atoms with van der Waals surface area (Å²) in [5, 5.41) is 0.457. The van der Waals surface area contributed by atoms with Gasteiger partial charge in [0.1, 0.15) is 4.90 Å². The van der Waals surface area contributed by atoms with Gasteiger partial charge in [0.05, 0.1) is 5.02 Å². The van der Waals surface area contributed by atoms with E-state index in [1.54, 1.807) is 0 Å². The molecule has 7 heteroatoms. The van der Waals surface area contributed by atoms with Crippen molar-refractivity contribution in [3.05, 3.63) is 27.7 Å². The van der Waals surface area contributed by atoms with Crippen molar-refractivity contribution >= 4 is 33.2 Å². The third-order valence-electron chi connectivity index (χ3n) is 3.20. The van der Waals surface area contributed by atoms with Gasteiger partial charge < -0.3 is 5.73 Å². The summed E-state index contributed by atoms with van der Waals surface area (Å²) in [5.41, 5.74) is 5.99. The van der Waals surface area contributed by atoms with E-state index < -0.39 is 10.0 Å². The predicted octanol–water partition coefficient (Wildman–Crippen LogP) is 3.17. The van der Waals surface area contributed by atoms with Gasteiger partial charge in [-0.2, -0.15) is 0 Å². The number of hydrogen-bond acceptors (Lipinski definition) is 3. The van der Waals surface area contributed by atoms with Gasteiger partial charge in [-0.15, -0.1) is 0 Å². The van der Waals surface area contributed by atoms with Crippen molar-refractivity contribution in [3.63, 3.8) is 0 Å². The molecule has 0 heterocycles. The van der Waals surface area contributed by atoms with E-state index in [0.29, 0.717) is 17.0 Å². The first kappa shape index (κ1) is 17.7. The minimum atomic E-state index is -3.69. The first-order valence-corrected chi connectivity index (χ1v) is 8.67. The normalized spacial score (nSPS) is 13.8. The highest BCUT2D eigenvalue weighted by atomic mass is 35.5. The van der Waals surface area contributed by atoms with Crippen LogP contribution in [0.15, 0.2) is 17.0 Å². The third-order valence-corrected chi connectivity index (χ3v) is 5.63. The molecule has 1 atom stereocenters. The molecule has 0 aromatic heterocycles. The number of halogens is 2. The molecule has 0 spiro atoms. The molecule has 1 unspecified atom stereocenters. The van der Waals surface area contributed by atoms with E-state index >= 15 is 0 Å². The Bertz CT molecular complexity index is 574. The van der Waals surface area contributed by atoms with Gasteiger partial charge in [0.2, 0.25) is 10.0 Å². The van der Waals surface area contributed by atoms with E-state index in [4.69, 9.17) is 28.9 Å². The van der Waals surface area contributed by atoms with Gasteiger partial charge >= 0.3 is 0 Å². The molecule has 1 rings (SSSR count). The summed E-state index contributed by atoms with van der Waals surface area (Å²) >= 11 is 12.1. The first-order chi connectivity index (χ1) is 9.24. The summed E-state index contributed by atoms with van der Waals surface area (Å²) in [6, 6.07) is 2.76. The summed E-state index contributed by atoms with van der Waals surface area (Å²) in [4.78, 5) is 0.0168. The maximum Gasteiger partial charge on any atom is 0.242 e. The Morgan fingerprint density at radius 1 is 1.30 bits per heavy atom. The molecule has 0 radical (unpaired) electrons. The summed E-state index contributed by atoms with van der Waals surface area (Å²) in [7, 11) is -3.69. The molecular formula is C13H20Cl2N2O2S. The van der Waals surface area contributed by atoms with Crippen molar-refractivity contribution in [2.24, 2.45) is 11.7 Å². The van der Waals surface area contributed by atoms with E-state index in [1.807, 2.05) is 20.8 Å². The Kier molecular flexibility index (Phi) is 6.28. The Morgan fingerprint density at radius 2 is 1.90 bits per heavy atom. The second-order valence-corrected chi connectivity index (χ2v) is 7.39. The van der Waals surface area contributed by atoms with Crippen molar-refractivity contribution in [1.82, 2.24) is 4.72 Å². The fourth-order valence-electron chi connectivity index (χ4n) is 1.92. The zero-order valence-electron chi connectivity index (χ0n) is 11.8. The molecule has 3 N–H and O–H groups in total. The van der Waals surface area contributed by atoms with Gasteiger partial charge in [0, 0.05) is 23.2 Å². The largest absolute Gasteiger partial charge is 0.326 e. The Hall–Kier alpha value is -0.330. The van der Waals surface area contributed by atoms with Crippen LogP contribution in [-0.2, 0) is 16.6 Å². The molecule has 0 amide bonds. The van der Waals surface area contributed by atoms with Gasteiger partial charge in [-0.25, -0.2) is 13.1 Å². The van der Waals surface area contributed by atoms with Crippen molar-refractivity contribution in [2.45, 2.75) is 44.7 Å². The SMILES string of the molecule is CCC(NS(=O)(=O)c1ccc(Cl)c(CN)c1Cl)C(C)C. The van der Waals surface area contributed by atoms with Crippen LogP contribution in [0.3, 0.4) is 0 Å². The molecule has 0 saturated heterocycles. The van der Waals surface area contributed by atoms with Crippen molar-refractivity contribution in [1.29, 1.82) is 0 Å². The molecule has 0 saturated carbocycles. The minimum Gasteiger partial charge on any atom is -0.326 e. The Morgan fingerprint density at radius 3 is 2.35 bits per heavy atom. The molecule has 1 aromatic carbocycles. The third kappa shape index (κ3) is 3.86. The summed E-state index contributed by atoms with van der Waals surface area (Å²) in [6.07, 6.45) is 0.700. The lowest BCUT2D eigenvalue weighted by Gasteiger charge is -2.21. The van der Waals surface area contributed by atoms with Gasteiger partial charge in [-0.3, -0.25) is 0 Å². The maximum absolute atomic E-state index is 12.4. The molecule has 0 bridgehead atoms. The average Bonchev–Trinajstić information content (AvgIpc) is 2.35. The summed E-state index contributed by atoms with van der Waals surface area (Å²) < 4.78 is 27.5. The van der Waals surface area contributed by atoms with Gasteiger partial charge in [0.15, 0.2) is 0 Å². The van der Waals surface area contributed by atoms with Crippen LogP contribution in [0.25, 0.3) is 0 Å². The van der Waals surface area contributed by atoms with Crippen LogP contribution in [0, 0.1) is 5.92 Å². The van der Waals surface area contributed by atoms with Crippen LogP contribution in [0.4, 0.5) is 0 Å². The number of nitrogens with one attached hydrogen (secondary N) is 1. The average molecular weight is 339 g/mol. The lowest BCUT2D eigenvalue weighted by molar-refractivity contribution is 0.437. The molecule has 1 aromatic rings. The van der Waals surface area contributed by atoms with Crippen molar-refractivity contribution < 1.29 is 8.42 Å². The quantitative estimate of drug-likeness (QED) is 0.836. The lowest BCUT2D eigenvalue weighted by atomic mass is 10.0. The smallest absolute Gasteiger partial charge is 0.242 e. The van der Waals surface area contributed by atoms with Crippen LogP contribution in [0.5, 0.6) is 0 Å². The van der Waals surface area contributed by atoms with Crippen molar-refractivity contribution in [3.8, 4) is 0 Å². The van der Waals surface area contributed by atoms with Crippen molar-refractivity contribution in [2.75, 3.05) is 0 Å². The summed E-state index contributed by atoms with van der Waals surface area (Å²) in [5.74, 6) is 0.190. The topological polar surface area (TPSA) is 72.2 Å². The zero-order chi connectivity index (χ0) is 15.5. The Balaban J connectivity index is 3.23. The van der Waals surface area contributed by atoms with E-state index in [9.17, 15) is 8.42 Å². The van der Waals surface area contributed by atoms with Crippen LogP contribution < -0.4 is 10.5 Å². The number of hydrogen-bond donors (Lipinski definition) is 2. The minimum absolute atomic E-state index is 0.0168. The monoisotopic (exact) mass is 338 g/mol. The molecule has 20 heavy (non-hydrogen) atoms. The molecule has 114 valence electrons. The fraction of sp³-hybridized carbons (Fsp3) is 0.538. The van der Waals surface area contributed by atoms with Crippen LogP contribution in [0.1, 0.15) is 32.8 Å². The molecule has 0 fully saturated rings. The van der Waals surface area contributed by atoms with Crippen LogP contribution in [-0.4, -0.2) is 14.5 Å². The van der Waals surface area contributed by atoms with Gasteiger partial charge in [0.25, 0.3) is 0 Å². The van der Waals surface area contributed by atoms with Gasteiger partial charge in [-0.05, 0) is 24.5 Å². The maximum atomic E-state index is 12.4. The number of rotatable bonds is 6. The molecular weight excluding hydrogens is 319 g/mol. The van der Waals surface area contributed by atoms with E-state index in [2.05, 4.69) is 4.72 Å². The van der Waals surface area contributed by atoms with E-state index in [1.165, 1.54) is 12.1 Å². The highest BCUT2D eigenvalue weighted by molar-refractivity contribution is 7.89. The fourth-order valence-corrected chi connectivity index (χ4v) is 4.32. The predicted molar refractivity (Wildman–Crippen MR) is 83.6 cm³/mol. The summed E-state index contributed by atoms with van der Waals surface area (Å²) in [6.45, 7) is 5.95. The lowest BCUT2D eigenvalue weighted by Crippen LogP contribution is -2.38. The van der Waals surface area contributed by atoms with E-state index in [-0.39, 0.29) is 28.4 Å². The second kappa shape index (κ2) is 7.09. The van der Waals surface area contributed by atoms with E-state index in [0.717, 1.165) is 0 Å². The number of sulfonamides is 1. The molecule has 0 aliphatic rings. The standard InChI is InChI=1S/C13H20Cl2N2O2S/c1-4-11(8(2)3)17-20(18,19)12-6-5-10(14)9(7-16)13(12)15/h5-6,8,11,17H,4,7,16H2,1-3H3. The molecule has 0 aliphatic heterocycles. The highest BCUT2D eigenvalue weighted by Crippen LogP contribution is 2.31. The van der Waals surface area contributed by atoms with Crippen LogP contribution in [0.2, 0.25) is 10.0 Å². The highest BCUT2D eigenvalue weighted by Gasteiger charge is 2.25. The Labute approximate surface area is 130 Å². The molecule has 4 nitrogen and oxygen atoms in total. The molecule has 0 aliphatic carbocycles. The second-order valence-electron chi connectivity index (χ2n) is 4.92. The van der Waals surface area contributed by atoms with Gasteiger partial charge in [-0.1, -0.05) is 44.0 Å². The van der Waals surface area contributed by atoms with Crippen LogP contribution >= 0.6 is 23.2 Å². The first-order valence-electron chi connectivity index (χ1n) is 6.43. The zero-order valence-corrected chi connectivity index (χ0v) is 14.1. The number of nitrogens with two attached hydrogens (primary N) is 1.